The van der Waals surface area contributed by atoms with E-state index in [1.165, 1.54) is 19.3 Å². The predicted molar refractivity (Wildman–Crippen MR) is 72.1 cm³/mol. The number of nitrogens with one attached hydrogen (secondary N) is 1. The minimum atomic E-state index is 0.279. The number of fused-ring (bicyclic) bond motifs is 2. The molecule has 100 valence electrons. The van der Waals surface area contributed by atoms with Crippen LogP contribution in [0.1, 0.15) is 25.7 Å². The molecule has 1 aliphatic heterocycles. The standard InChI is InChI=1S/C15H24N2O/c1-17(10-12-3-2-6-16-9-12)15(18)14-8-11-4-5-13(14)7-11/h4-5,11-14,16H,2-3,6-10H2,1H3. The first-order valence-corrected chi connectivity index (χ1v) is 7.38. The van der Waals surface area contributed by atoms with Crippen molar-refractivity contribution in [2.75, 3.05) is 26.7 Å². The zero-order chi connectivity index (χ0) is 12.5. The van der Waals surface area contributed by atoms with Crippen LogP contribution in [0.25, 0.3) is 0 Å². The van der Waals surface area contributed by atoms with Gasteiger partial charge in [0.15, 0.2) is 0 Å². The Labute approximate surface area is 110 Å². The second-order valence-electron chi connectivity index (χ2n) is 6.32. The second kappa shape index (κ2) is 5.04. The summed E-state index contributed by atoms with van der Waals surface area (Å²) in [5, 5.41) is 3.43. The number of carbonyl (C=O) groups is 1. The van der Waals surface area contributed by atoms with Crippen LogP contribution in [0.5, 0.6) is 0 Å². The Morgan fingerprint density at radius 3 is 2.89 bits per heavy atom. The lowest BCUT2D eigenvalue weighted by Crippen LogP contribution is -2.42. The van der Waals surface area contributed by atoms with Gasteiger partial charge in [0.05, 0.1) is 0 Å². The maximum atomic E-state index is 12.5. The fourth-order valence-electron chi connectivity index (χ4n) is 3.90. The van der Waals surface area contributed by atoms with Crippen molar-refractivity contribution < 1.29 is 4.79 Å². The highest BCUT2D eigenvalue weighted by Gasteiger charge is 2.41. The number of nitrogens with zero attached hydrogens (tertiary/aromatic N) is 1. The molecule has 0 aromatic heterocycles. The van der Waals surface area contributed by atoms with E-state index in [0.717, 1.165) is 26.1 Å². The normalized spacial score (nSPS) is 38.1. The second-order valence-corrected chi connectivity index (χ2v) is 6.32. The van der Waals surface area contributed by atoms with E-state index >= 15 is 0 Å². The Morgan fingerprint density at radius 2 is 2.28 bits per heavy atom. The van der Waals surface area contributed by atoms with Gasteiger partial charge in [0.2, 0.25) is 5.91 Å². The van der Waals surface area contributed by atoms with Crippen LogP contribution in [0.4, 0.5) is 0 Å². The number of hydrogen-bond acceptors (Lipinski definition) is 2. The molecular weight excluding hydrogens is 224 g/mol. The van der Waals surface area contributed by atoms with Gasteiger partial charge in [-0.05, 0) is 56.5 Å². The Kier molecular flexibility index (Phi) is 3.42. The van der Waals surface area contributed by atoms with E-state index < -0.39 is 0 Å². The van der Waals surface area contributed by atoms with E-state index in [2.05, 4.69) is 17.5 Å². The van der Waals surface area contributed by atoms with E-state index in [9.17, 15) is 4.79 Å². The minimum Gasteiger partial charge on any atom is -0.345 e. The molecule has 4 unspecified atom stereocenters. The first kappa shape index (κ1) is 12.2. The molecule has 18 heavy (non-hydrogen) atoms. The van der Waals surface area contributed by atoms with E-state index in [4.69, 9.17) is 0 Å². The molecule has 0 radical (unpaired) electrons. The Balaban J connectivity index is 1.54. The zero-order valence-corrected chi connectivity index (χ0v) is 11.3. The van der Waals surface area contributed by atoms with Crippen molar-refractivity contribution in [2.45, 2.75) is 25.7 Å². The van der Waals surface area contributed by atoms with Gasteiger partial charge in [-0.25, -0.2) is 0 Å². The topological polar surface area (TPSA) is 32.3 Å². The average molecular weight is 248 g/mol. The quantitative estimate of drug-likeness (QED) is 0.770. The van der Waals surface area contributed by atoms with Gasteiger partial charge >= 0.3 is 0 Å². The van der Waals surface area contributed by atoms with E-state index in [-0.39, 0.29) is 5.92 Å². The fraction of sp³-hybridized carbons (Fsp3) is 0.800. The van der Waals surface area contributed by atoms with Crippen molar-refractivity contribution in [1.82, 2.24) is 10.2 Å². The molecule has 3 nitrogen and oxygen atoms in total. The van der Waals surface area contributed by atoms with Crippen LogP contribution in [-0.4, -0.2) is 37.5 Å². The third-order valence-electron chi connectivity index (χ3n) is 4.90. The largest absolute Gasteiger partial charge is 0.345 e. The molecule has 2 aliphatic carbocycles. The van der Waals surface area contributed by atoms with Gasteiger partial charge < -0.3 is 10.2 Å². The molecule has 3 rings (SSSR count). The number of hydrogen-bond donors (Lipinski definition) is 1. The summed E-state index contributed by atoms with van der Waals surface area (Å²) in [5.74, 6) is 2.55. The summed E-state index contributed by atoms with van der Waals surface area (Å²) >= 11 is 0. The lowest BCUT2D eigenvalue weighted by molar-refractivity contribution is -0.135. The van der Waals surface area contributed by atoms with Gasteiger partial charge in [-0.1, -0.05) is 12.2 Å². The number of amides is 1. The highest BCUT2D eigenvalue weighted by molar-refractivity contribution is 5.79. The van der Waals surface area contributed by atoms with Crippen molar-refractivity contribution in [1.29, 1.82) is 0 Å². The van der Waals surface area contributed by atoms with Gasteiger partial charge in [-0.3, -0.25) is 4.79 Å². The average Bonchev–Trinajstić information content (AvgIpc) is 3.01. The highest BCUT2D eigenvalue weighted by Crippen LogP contribution is 2.44. The van der Waals surface area contributed by atoms with Crippen molar-refractivity contribution in [3.05, 3.63) is 12.2 Å². The van der Waals surface area contributed by atoms with Crippen molar-refractivity contribution >= 4 is 5.91 Å². The molecule has 2 fully saturated rings. The number of rotatable bonds is 3. The van der Waals surface area contributed by atoms with Crippen LogP contribution < -0.4 is 5.32 Å². The molecule has 1 saturated heterocycles. The maximum absolute atomic E-state index is 12.5. The van der Waals surface area contributed by atoms with Crippen LogP contribution in [0.2, 0.25) is 0 Å². The summed E-state index contributed by atoms with van der Waals surface area (Å²) in [6, 6.07) is 0. The molecule has 1 heterocycles. The lowest BCUT2D eigenvalue weighted by Gasteiger charge is -2.30. The summed E-state index contributed by atoms with van der Waals surface area (Å²) in [6.45, 7) is 3.16. The number of piperidine rings is 1. The molecule has 1 saturated carbocycles. The molecule has 1 amide bonds. The van der Waals surface area contributed by atoms with E-state index in [0.29, 0.717) is 23.7 Å². The lowest BCUT2D eigenvalue weighted by atomic mass is 9.91. The highest BCUT2D eigenvalue weighted by atomic mass is 16.2. The van der Waals surface area contributed by atoms with Crippen LogP contribution >= 0.6 is 0 Å². The van der Waals surface area contributed by atoms with Crippen LogP contribution in [0.15, 0.2) is 12.2 Å². The number of allylic oxidation sites excluding steroid dienone is 2. The monoisotopic (exact) mass is 248 g/mol. The minimum absolute atomic E-state index is 0.279. The SMILES string of the molecule is CN(CC1CCCNC1)C(=O)C1CC2C=CC1C2. The van der Waals surface area contributed by atoms with Gasteiger partial charge in [-0.15, -0.1) is 0 Å². The first-order valence-electron chi connectivity index (χ1n) is 7.38. The van der Waals surface area contributed by atoms with Gasteiger partial charge in [0.1, 0.15) is 0 Å². The zero-order valence-electron chi connectivity index (χ0n) is 11.3. The van der Waals surface area contributed by atoms with Gasteiger partial charge in [0.25, 0.3) is 0 Å². The Bertz CT molecular complexity index is 346. The summed E-state index contributed by atoms with van der Waals surface area (Å²) < 4.78 is 0. The Morgan fingerprint density at radius 1 is 1.39 bits per heavy atom. The molecule has 2 bridgehead atoms. The predicted octanol–water partition coefficient (Wildman–Crippen LogP) is 1.66. The third kappa shape index (κ3) is 2.33. The molecule has 0 aromatic rings. The molecule has 0 aromatic carbocycles. The summed E-state index contributed by atoms with van der Waals surface area (Å²) in [5.41, 5.74) is 0. The molecular formula is C15H24N2O. The van der Waals surface area contributed by atoms with Gasteiger partial charge in [-0.2, -0.15) is 0 Å². The summed E-state index contributed by atoms with van der Waals surface area (Å²) in [6.07, 6.45) is 9.40. The summed E-state index contributed by atoms with van der Waals surface area (Å²) in [7, 11) is 1.99. The molecule has 3 aliphatic rings. The first-order chi connectivity index (χ1) is 8.74. The van der Waals surface area contributed by atoms with E-state index in [1.54, 1.807) is 0 Å². The van der Waals surface area contributed by atoms with E-state index in [1.807, 2.05) is 11.9 Å². The van der Waals surface area contributed by atoms with Crippen LogP contribution in [0.3, 0.4) is 0 Å². The summed E-state index contributed by atoms with van der Waals surface area (Å²) in [4.78, 5) is 14.5. The molecule has 1 N–H and O–H groups in total. The maximum Gasteiger partial charge on any atom is 0.226 e. The third-order valence-corrected chi connectivity index (χ3v) is 4.90. The number of carbonyl (C=O) groups excluding carboxylic acids is 1. The van der Waals surface area contributed by atoms with Crippen molar-refractivity contribution in [2.24, 2.45) is 23.7 Å². The molecule has 3 heteroatoms. The smallest absolute Gasteiger partial charge is 0.226 e. The van der Waals surface area contributed by atoms with Gasteiger partial charge in [0, 0.05) is 19.5 Å². The van der Waals surface area contributed by atoms with Crippen molar-refractivity contribution in [3.63, 3.8) is 0 Å². The fourth-order valence-corrected chi connectivity index (χ4v) is 3.90. The Hall–Kier alpha value is -0.830. The molecule has 4 atom stereocenters. The van der Waals surface area contributed by atoms with Crippen molar-refractivity contribution in [3.8, 4) is 0 Å². The molecule has 0 spiro atoms. The van der Waals surface area contributed by atoms with Crippen LogP contribution in [-0.2, 0) is 4.79 Å². The van der Waals surface area contributed by atoms with Crippen LogP contribution in [0, 0.1) is 23.7 Å².